The molecule has 2 spiro atoms. The average Bonchev–Trinajstić information content (AvgIpc) is 4.21. The van der Waals surface area contributed by atoms with Gasteiger partial charge < -0.3 is 8.80 Å². The second-order valence-electron chi connectivity index (χ2n) is 27.7. The van der Waals surface area contributed by atoms with E-state index in [2.05, 4.69) is 91.2 Å². The monoisotopic (exact) mass is 919 g/mol. The van der Waals surface area contributed by atoms with Crippen molar-refractivity contribution in [1.29, 1.82) is 5.26 Å². The van der Waals surface area contributed by atoms with Gasteiger partial charge in [-0.25, -0.2) is 0 Å². The molecular formula is C66H70N4. The first-order chi connectivity index (χ1) is 34.0. The molecule has 0 radical (unpaired) electrons. The van der Waals surface area contributed by atoms with Crippen LogP contribution in [0.5, 0.6) is 0 Å². The molecule has 0 aliphatic heterocycles. The Kier molecular flexibility index (Phi) is 7.78. The van der Waals surface area contributed by atoms with E-state index >= 15 is 0 Å². The largest absolute Gasteiger partial charge is 0.308 e. The van der Waals surface area contributed by atoms with Crippen molar-refractivity contribution in [3.8, 4) is 6.07 Å². The normalized spacial score (nSPS) is 32.2. The molecule has 6 fully saturated rings. The van der Waals surface area contributed by atoms with Gasteiger partial charge in [0.05, 0.1) is 50.9 Å². The molecule has 0 amide bonds. The van der Waals surface area contributed by atoms with E-state index in [4.69, 9.17) is 4.98 Å². The van der Waals surface area contributed by atoms with Gasteiger partial charge in [0, 0.05) is 48.8 Å². The third-order valence-corrected chi connectivity index (χ3v) is 22.8. The molecule has 5 heterocycles. The van der Waals surface area contributed by atoms with Crippen molar-refractivity contribution in [2.45, 2.75) is 180 Å². The van der Waals surface area contributed by atoms with Crippen LogP contribution in [0.25, 0.3) is 76.2 Å². The van der Waals surface area contributed by atoms with Crippen LogP contribution in [-0.2, 0) is 36.5 Å². The molecule has 17 rings (SSSR count). The molecule has 4 bridgehead atoms. The Morgan fingerprint density at radius 1 is 0.486 bits per heavy atom. The van der Waals surface area contributed by atoms with Gasteiger partial charge in [-0.1, -0.05) is 53.4 Å². The zero-order chi connectivity index (χ0) is 46.4. The van der Waals surface area contributed by atoms with Crippen molar-refractivity contribution >= 4 is 76.2 Å². The van der Waals surface area contributed by atoms with E-state index < -0.39 is 0 Å². The van der Waals surface area contributed by atoms with Crippen molar-refractivity contribution in [2.24, 2.45) is 46.3 Å². The zero-order valence-corrected chi connectivity index (χ0v) is 42.4. The fourth-order valence-electron chi connectivity index (χ4n) is 21.1. The van der Waals surface area contributed by atoms with E-state index in [-0.39, 0.29) is 10.8 Å². The van der Waals surface area contributed by atoms with Gasteiger partial charge in [0.1, 0.15) is 0 Å². The molecule has 4 nitrogen and oxygen atoms in total. The van der Waals surface area contributed by atoms with Crippen molar-refractivity contribution < 1.29 is 0 Å². The summed E-state index contributed by atoms with van der Waals surface area (Å²) in [5.41, 5.74) is 19.4. The van der Waals surface area contributed by atoms with E-state index in [0.717, 1.165) is 53.9 Å². The van der Waals surface area contributed by atoms with E-state index in [1.807, 2.05) is 0 Å². The summed E-state index contributed by atoms with van der Waals surface area (Å²) in [6.07, 6.45) is 31.1. The van der Waals surface area contributed by atoms with Gasteiger partial charge in [-0.15, -0.1) is 0 Å². The Balaban J connectivity index is 1.00. The number of hydrogen-bond donors (Lipinski definition) is 0. The van der Waals surface area contributed by atoms with Crippen LogP contribution in [0.3, 0.4) is 0 Å². The highest BCUT2D eigenvalue weighted by molar-refractivity contribution is 6.30. The molecule has 5 aromatic heterocycles. The molecule has 0 saturated heterocycles. The number of pyridine rings is 1. The molecule has 4 unspecified atom stereocenters. The fraction of sp³-hybridized carbons (Fsp3) is 0.545. The van der Waals surface area contributed by atoms with Gasteiger partial charge in [0.15, 0.2) is 0 Å². The number of rotatable bonds is 2. The molecule has 4 aromatic carbocycles. The predicted molar refractivity (Wildman–Crippen MR) is 288 cm³/mol. The zero-order valence-electron chi connectivity index (χ0n) is 42.4. The van der Waals surface area contributed by atoms with Crippen LogP contribution in [-0.4, -0.2) is 13.8 Å². The van der Waals surface area contributed by atoms with Crippen LogP contribution < -0.4 is 0 Å². The molecule has 4 heteroatoms. The van der Waals surface area contributed by atoms with Crippen molar-refractivity contribution in [1.82, 2.24) is 13.8 Å². The summed E-state index contributed by atoms with van der Waals surface area (Å²) in [5, 5.41) is 22.7. The molecular weight excluding hydrogens is 849 g/mol. The number of nitriles is 1. The van der Waals surface area contributed by atoms with Crippen LogP contribution in [0.15, 0.2) is 48.7 Å². The van der Waals surface area contributed by atoms with Gasteiger partial charge >= 0.3 is 0 Å². The maximum atomic E-state index is 11.1. The molecule has 8 aliphatic rings. The molecule has 4 atom stereocenters. The minimum Gasteiger partial charge on any atom is -0.308 e. The third-order valence-electron chi connectivity index (χ3n) is 22.8. The lowest BCUT2D eigenvalue weighted by molar-refractivity contribution is 0.0780. The highest BCUT2D eigenvalue weighted by Gasteiger charge is 2.49. The standard InChI is InChI=1S/C66H70N4/c1-36-13-40-14-37(2)25-65(24-36,28-40)43-18-47-45-23-56-46(22-55(45)69-57-17-42(34-67)51-30-63(9-5-6-10-63)31-52(51)59(57)49(20-43)61(47)69)48-19-44(66-26-38(3)15-41(29-66)16-39(4)27-66)21-50-60-53-32-64(11-7-8-12-64)33-54(53)68-35-58(60)70(56)62(48)50/h17-23,35-41H,5-16,24-33H2,1-4H3. The molecule has 354 valence electrons. The quantitative estimate of drug-likeness (QED) is 0.173. The van der Waals surface area contributed by atoms with Gasteiger partial charge in [-0.05, 0) is 243 Å². The summed E-state index contributed by atoms with van der Waals surface area (Å²) < 4.78 is 5.40. The van der Waals surface area contributed by atoms with Crippen LogP contribution >= 0.6 is 0 Å². The molecule has 8 aliphatic carbocycles. The summed E-state index contributed by atoms with van der Waals surface area (Å²) in [7, 11) is 0. The van der Waals surface area contributed by atoms with Crippen LogP contribution in [0, 0.1) is 57.7 Å². The second-order valence-corrected chi connectivity index (χ2v) is 27.7. The number of benzene rings is 4. The van der Waals surface area contributed by atoms with Crippen molar-refractivity contribution in [2.75, 3.05) is 0 Å². The second kappa shape index (κ2) is 13.4. The molecule has 9 aromatic rings. The Labute approximate surface area is 413 Å². The number of fused-ring (bicyclic) bond motifs is 20. The molecule has 70 heavy (non-hydrogen) atoms. The predicted octanol–water partition coefficient (Wildman–Crippen LogP) is 16.8. The molecule has 0 N–H and O–H groups in total. The Morgan fingerprint density at radius 2 is 0.943 bits per heavy atom. The lowest BCUT2D eigenvalue weighted by atomic mass is 9.54. The summed E-state index contributed by atoms with van der Waals surface area (Å²) in [6, 6.07) is 21.5. The topological polar surface area (TPSA) is 45.5 Å². The minimum absolute atomic E-state index is 0.213. The summed E-state index contributed by atoms with van der Waals surface area (Å²) in [6.45, 7) is 10.2. The highest BCUT2D eigenvalue weighted by Crippen LogP contribution is 2.60. The smallest absolute Gasteiger partial charge is 0.0995 e. The maximum absolute atomic E-state index is 11.1. The third kappa shape index (κ3) is 5.12. The Morgan fingerprint density at radius 3 is 1.47 bits per heavy atom. The lowest BCUT2D eigenvalue weighted by Gasteiger charge is -2.50. The van der Waals surface area contributed by atoms with E-state index in [1.165, 1.54) is 221 Å². The van der Waals surface area contributed by atoms with E-state index in [1.54, 1.807) is 16.7 Å². The Hall–Kier alpha value is -4.88. The molecule has 6 saturated carbocycles. The first-order valence-electron chi connectivity index (χ1n) is 28.8. The first kappa shape index (κ1) is 40.7. The number of nitrogens with zero attached hydrogens (tertiary/aromatic N) is 4. The van der Waals surface area contributed by atoms with Crippen molar-refractivity contribution in [3.63, 3.8) is 0 Å². The van der Waals surface area contributed by atoms with Crippen molar-refractivity contribution in [3.05, 3.63) is 87.7 Å². The van der Waals surface area contributed by atoms with Crippen LogP contribution in [0.4, 0.5) is 0 Å². The maximum Gasteiger partial charge on any atom is 0.0995 e. The SMILES string of the molecule is CC1CC2CC(C)CC(c3cc4c5cc6c(cc5n5c7cnc8c(c7c(c3)c45)CC3(CCCC3)C8)c3cc(C45CC(C)CC(CC(C)C4)C5)cc4c5c7c(c(C#N)cc5n6c34)CC3(CCCC3)C7)(C1)C2. The summed E-state index contributed by atoms with van der Waals surface area (Å²) in [4.78, 5) is 5.47. The van der Waals surface area contributed by atoms with Gasteiger partial charge in [0.2, 0.25) is 0 Å². The number of aromatic nitrogens is 3. The lowest BCUT2D eigenvalue weighted by Crippen LogP contribution is -2.42. The first-order valence-corrected chi connectivity index (χ1v) is 28.8. The van der Waals surface area contributed by atoms with Crippen LogP contribution in [0.1, 0.15) is 182 Å². The number of hydrogen-bond acceptors (Lipinski definition) is 2. The Bertz CT molecular complexity index is 3780. The van der Waals surface area contributed by atoms with Crippen LogP contribution in [0.2, 0.25) is 0 Å². The highest BCUT2D eigenvalue weighted by atomic mass is 14.9. The van der Waals surface area contributed by atoms with E-state index in [0.29, 0.717) is 10.8 Å². The van der Waals surface area contributed by atoms with E-state index in [9.17, 15) is 5.26 Å². The van der Waals surface area contributed by atoms with Gasteiger partial charge in [-0.2, -0.15) is 5.26 Å². The van der Waals surface area contributed by atoms with Gasteiger partial charge in [0.25, 0.3) is 0 Å². The van der Waals surface area contributed by atoms with Gasteiger partial charge in [-0.3, -0.25) is 4.98 Å². The summed E-state index contributed by atoms with van der Waals surface area (Å²) in [5.74, 6) is 4.69. The fourth-order valence-corrected chi connectivity index (χ4v) is 21.1. The minimum atomic E-state index is 0.213. The average molecular weight is 919 g/mol. The summed E-state index contributed by atoms with van der Waals surface area (Å²) >= 11 is 0.